The topological polar surface area (TPSA) is 42.3 Å². The number of piperidine rings is 1. The van der Waals surface area contributed by atoms with E-state index in [0.29, 0.717) is 17.3 Å². The van der Waals surface area contributed by atoms with Crippen LogP contribution in [0.5, 0.6) is 0 Å². The number of sulfonamides is 1. The van der Waals surface area contributed by atoms with Gasteiger partial charge in [0.05, 0.1) is 5.88 Å². The number of hydrogen-bond donors (Lipinski definition) is 0. The van der Waals surface area contributed by atoms with Crippen LogP contribution in [0.2, 0.25) is 0 Å². The molecule has 0 aromatic carbocycles. The number of halogens is 1. The van der Waals surface area contributed by atoms with Crippen LogP contribution >= 0.6 is 11.6 Å². The van der Waals surface area contributed by atoms with Crippen molar-refractivity contribution >= 4 is 21.6 Å². The first kappa shape index (κ1) is 16.8. The van der Waals surface area contributed by atoms with E-state index in [1.807, 2.05) is 11.5 Å². The third-order valence-corrected chi connectivity index (χ3v) is 6.43. The van der Waals surface area contributed by atoms with Crippen molar-refractivity contribution in [1.82, 2.24) is 8.87 Å². The number of nitrogens with zero attached hydrogens (tertiary/aromatic N) is 2. The third-order valence-electron chi connectivity index (χ3n) is 4.24. The normalized spacial score (nSPS) is 20.8. The molecule has 1 atom stereocenters. The molecule has 0 N–H and O–H groups in total. The van der Waals surface area contributed by atoms with Crippen molar-refractivity contribution in [1.29, 1.82) is 0 Å². The molecule has 1 fully saturated rings. The Morgan fingerprint density at radius 1 is 1.33 bits per heavy atom. The Morgan fingerprint density at radius 2 is 2.10 bits per heavy atom. The Balaban J connectivity index is 2.33. The van der Waals surface area contributed by atoms with Crippen LogP contribution < -0.4 is 0 Å². The Kier molecular flexibility index (Phi) is 5.74. The van der Waals surface area contributed by atoms with Crippen LogP contribution in [0.25, 0.3) is 0 Å². The van der Waals surface area contributed by atoms with Gasteiger partial charge in [-0.15, -0.1) is 11.6 Å². The number of hydrogen-bond acceptors (Lipinski definition) is 2. The summed E-state index contributed by atoms with van der Waals surface area (Å²) < 4.78 is 29.5. The van der Waals surface area contributed by atoms with Gasteiger partial charge in [-0.1, -0.05) is 19.8 Å². The molecule has 1 saturated heterocycles. The summed E-state index contributed by atoms with van der Waals surface area (Å²) in [7, 11) is -3.40. The molecule has 1 unspecified atom stereocenters. The van der Waals surface area contributed by atoms with Crippen molar-refractivity contribution in [2.75, 3.05) is 6.54 Å². The lowest BCUT2D eigenvalue weighted by Crippen LogP contribution is -2.43. The summed E-state index contributed by atoms with van der Waals surface area (Å²) in [5.41, 5.74) is 0.863. The molecular formula is C15H25ClN2O2S. The molecule has 120 valence electrons. The van der Waals surface area contributed by atoms with E-state index in [1.54, 1.807) is 16.6 Å². The molecule has 0 aliphatic carbocycles. The maximum atomic E-state index is 12.9. The van der Waals surface area contributed by atoms with E-state index in [4.69, 9.17) is 11.6 Å². The monoisotopic (exact) mass is 332 g/mol. The summed E-state index contributed by atoms with van der Waals surface area (Å²) in [6.07, 6.45) is 6.74. The maximum absolute atomic E-state index is 12.9. The minimum absolute atomic E-state index is 0.151. The predicted molar refractivity (Wildman–Crippen MR) is 86.1 cm³/mol. The van der Waals surface area contributed by atoms with Gasteiger partial charge in [-0.05, 0) is 32.3 Å². The second-order valence-electron chi connectivity index (χ2n) is 5.64. The fourth-order valence-corrected chi connectivity index (χ4v) is 5.14. The molecule has 1 aliphatic rings. The van der Waals surface area contributed by atoms with Crippen molar-refractivity contribution < 1.29 is 8.42 Å². The molecule has 0 bridgehead atoms. The van der Waals surface area contributed by atoms with Crippen molar-refractivity contribution in [3.05, 3.63) is 18.0 Å². The second-order valence-corrected chi connectivity index (χ2v) is 7.80. The van der Waals surface area contributed by atoms with Gasteiger partial charge < -0.3 is 4.57 Å². The highest BCUT2D eigenvalue weighted by Crippen LogP contribution is 2.29. The van der Waals surface area contributed by atoms with Crippen LogP contribution in [-0.4, -0.2) is 29.9 Å². The fourth-order valence-electron chi connectivity index (χ4n) is 3.12. The Labute approximate surface area is 133 Å². The average molecular weight is 333 g/mol. The fraction of sp³-hybridized carbons (Fsp3) is 0.733. The van der Waals surface area contributed by atoms with E-state index in [2.05, 4.69) is 6.92 Å². The summed E-state index contributed by atoms with van der Waals surface area (Å²) in [5.74, 6) is 0.335. The van der Waals surface area contributed by atoms with E-state index in [9.17, 15) is 8.42 Å². The summed E-state index contributed by atoms with van der Waals surface area (Å²) in [6.45, 7) is 5.47. The Bertz CT molecular complexity index is 545. The quantitative estimate of drug-likeness (QED) is 0.747. The molecule has 4 nitrogen and oxygen atoms in total. The highest BCUT2D eigenvalue weighted by atomic mass is 35.5. The summed E-state index contributed by atoms with van der Waals surface area (Å²) >= 11 is 5.91. The molecule has 2 rings (SSSR count). The molecule has 1 aliphatic heterocycles. The second kappa shape index (κ2) is 7.16. The van der Waals surface area contributed by atoms with E-state index in [1.165, 1.54) is 0 Å². The molecule has 0 radical (unpaired) electrons. The highest BCUT2D eigenvalue weighted by molar-refractivity contribution is 7.89. The molecule has 0 spiro atoms. The molecule has 6 heteroatoms. The predicted octanol–water partition coefficient (Wildman–Crippen LogP) is 3.59. The van der Waals surface area contributed by atoms with Gasteiger partial charge >= 0.3 is 0 Å². The lowest BCUT2D eigenvalue weighted by atomic mass is 10.0. The van der Waals surface area contributed by atoms with Crippen LogP contribution in [0, 0.1) is 0 Å². The molecule has 0 amide bonds. The van der Waals surface area contributed by atoms with Crippen LogP contribution in [0.4, 0.5) is 0 Å². The van der Waals surface area contributed by atoms with E-state index in [-0.39, 0.29) is 6.04 Å². The third kappa shape index (κ3) is 3.46. The molecule has 1 aromatic heterocycles. The first-order valence-electron chi connectivity index (χ1n) is 7.81. The summed E-state index contributed by atoms with van der Waals surface area (Å²) in [4.78, 5) is 0.392. The smallest absolute Gasteiger partial charge is 0.244 e. The van der Waals surface area contributed by atoms with Gasteiger partial charge in [0, 0.05) is 31.0 Å². The van der Waals surface area contributed by atoms with Crippen LogP contribution in [0.15, 0.2) is 17.2 Å². The standard InChI is InChI=1S/C15H25ClN2O2S/c1-3-7-13-8-5-6-9-18(13)21(19,20)15-10-14(11-16)17(4-2)12-15/h10,12-13H,3-9,11H2,1-2H3. The van der Waals surface area contributed by atoms with Crippen molar-refractivity contribution in [3.63, 3.8) is 0 Å². The number of alkyl halides is 1. The largest absolute Gasteiger partial charge is 0.349 e. The Hall–Kier alpha value is -0.520. The average Bonchev–Trinajstić information content (AvgIpc) is 2.92. The van der Waals surface area contributed by atoms with Crippen LogP contribution in [0.3, 0.4) is 0 Å². The van der Waals surface area contributed by atoms with Gasteiger partial charge in [0.2, 0.25) is 10.0 Å². The zero-order valence-corrected chi connectivity index (χ0v) is 14.5. The van der Waals surface area contributed by atoms with Gasteiger partial charge in [0.25, 0.3) is 0 Å². The van der Waals surface area contributed by atoms with Crippen LogP contribution in [-0.2, 0) is 22.4 Å². The van der Waals surface area contributed by atoms with Crippen molar-refractivity contribution in [3.8, 4) is 0 Å². The van der Waals surface area contributed by atoms with Crippen molar-refractivity contribution in [2.45, 2.75) is 69.3 Å². The molecule has 0 saturated carbocycles. The zero-order chi connectivity index (χ0) is 15.5. The van der Waals surface area contributed by atoms with Gasteiger partial charge in [0.1, 0.15) is 4.90 Å². The Morgan fingerprint density at radius 3 is 2.67 bits per heavy atom. The molecule has 1 aromatic rings. The maximum Gasteiger partial charge on any atom is 0.244 e. The number of aromatic nitrogens is 1. The van der Waals surface area contributed by atoms with Crippen LogP contribution in [0.1, 0.15) is 51.6 Å². The van der Waals surface area contributed by atoms with E-state index in [0.717, 1.165) is 44.3 Å². The van der Waals surface area contributed by atoms with Gasteiger partial charge in [-0.2, -0.15) is 4.31 Å². The summed E-state index contributed by atoms with van der Waals surface area (Å²) in [5, 5.41) is 0. The zero-order valence-electron chi connectivity index (χ0n) is 12.9. The first-order valence-corrected chi connectivity index (χ1v) is 9.78. The van der Waals surface area contributed by atoms with Gasteiger partial charge in [-0.3, -0.25) is 0 Å². The SMILES string of the molecule is CCCC1CCCCN1S(=O)(=O)c1cc(CCl)n(CC)c1. The lowest BCUT2D eigenvalue weighted by molar-refractivity contribution is 0.239. The number of aryl methyl sites for hydroxylation is 1. The molecule has 21 heavy (non-hydrogen) atoms. The molecule has 2 heterocycles. The number of rotatable bonds is 6. The van der Waals surface area contributed by atoms with E-state index < -0.39 is 10.0 Å². The van der Waals surface area contributed by atoms with E-state index >= 15 is 0 Å². The van der Waals surface area contributed by atoms with Gasteiger partial charge in [0.15, 0.2) is 0 Å². The minimum Gasteiger partial charge on any atom is -0.349 e. The highest BCUT2D eigenvalue weighted by Gasteiger charge is 2.33. The minimum atomic E-state index is -3.40. The summed E-state index contributed by atoms with van der Waals surface area (Å²) in [6, 6.07) is 1.88. The van der Waals surface area contributed by atoms with Gasteiger partial charge in [-0.25, -0.2) is 8.42 Å². The first-order chi connectivity index (χ1) is 10.0. The molecular weight excluding hydrogens is 308 g/mol. The van der Waals surface area contributed by atoms with Crippen molar-refractivity contribution in [2.24, 2.45) is 0 Å². The lowest BCUT2D eigenvalue weighted by Gasteiger charge is -2.34.